The van der Waals surface area contributed by atoms with Crippen LogP contribution < -0.4 is 0 Å². The van der Waals surface area contributed by atoms with E-state index < -0.39 is 0 Å². The Hall–Kier alpha value is -15.0. The van der Waals surface area contributed by atoms with E-state index in [0.29, 0.717) is 0 Å². The third-order valence-corrected chi connectivity index (χ3v) is 21.1. The molecule has 0 N–H and O–H groups in total. The Kier molecular flexibility index (Phi) is 15.3. The number of para-hydroxylation sites is 2. The standard InChI is InChI=1S/C55H33N5.C45H27N5/c1-2-6-34(7-3-1)47-26-23-38-12-13-39-24-27-49(60-55(39)54(38)59-47)44-19-17-40-30-41(15-16-42(40)31-44)43-14-10-36-20-25-48(57-52(36)32-43)45-18-11-37-22-29-51(58-53(37)33-45)50-28-21-35-8-4-5-9-46(35)56-50;1-2-8-38-30(5-1)18-21-40(48-38)41-22-19-32-14-16-34(27-43(32)50-41)39-20-17-31-13-15-33(26-42(31)49-39)28-9-11-29(12-10-28)37-25-35-6-3-23-46-44(35)45-36(37)7-4-24-47-45/h1-33H;1-27H. The van der Waals surface area contributed by atoms with Gasteiger partial charge in [-0.3, -0.25) is 9.97 Å². The van der Waals surface area contributed by atoms with Crippen LogP contribution >= 0.6 is 0 Å². The minimum atomic E-state index is 0.850. The van der Waals surface area contributed by atoms with Gasteiger partial charge in [0.15, 0.2) is 0 Å². The fraction of sp³-hybridized carbons (Fsp3) is 0. The van der Waals surface area contributed by atoms with Crippen LogP contribution in [0.1, 0.15) is 0 Å². The molecule has 0 aliphatic carbocycles. The van der Waals surface area contributed by atoms with Gasteiger partial charge in [0.2, 0.25) is 0 Å². The molecule has 0 saturated carbocycles. The summed E-state index contributed by atoms with van der Waals surface area (Å²) >= 11 is 0. The van der Waals surface area contributed by atoms with Crippen molar-refractivity contribution in [1.82, 2.24) is 49.8 Å². The van der Waals surface area contributed by atoms with Crippen LogP contribution in [0.5, 0.6) is 0 Å². The maximum Gasteiger partial charge on any atom is 0.0972 e. The monoisotopic (exact) mass is 1400 g/mol. The van der Waals surface area contributed by atoms with Crippen molar-refractivity contribution in [3.63, 3.8) is 0 Å². The molecule has 12 aromatic carbocycles. The Bertz CT molecular complexity index is 7490. The quantitative estimate of drug-likeness (QED) is 0.129. The summed E-state index contributed by atoms with van der Waals surface area (Å²) in [5, 5.41) is 13.2. The number of benzene rings is 12. The highest BCUT2D eigenvalue weighted by Crippen LogP contribution is 2.38. The smallest absolute Gasteiger partial charge is 0.0972 e. The zero-order valence-electron chi connectivity index (χ0n) is 59.1. The number of nitrogens with zero attached hydrogens (tertiary/aromatic N) is 10. The van der Waals surface area contributed by atoms with Crippen molar-refractivity contribution < 1.29 is 0 Å². The van der Waals surface area contributed by atoms with Gasteiger partial charge in [-0.1, -0.05) is 237 Å². The van der Waals surface area contributed by atoms with Crippen LogP contribution in [0.4, 0.5) is 0 Å². The van der Waals surface area contributed by atoms with Crippen LogP contribution in [0.15, 0.2) is 364 Å². The first-order valence-electron chi connectivity index (χ1n) is 36.8. The summed E-state index contributed by atoms with van der Waals surface area (Å²) in [5.41, 5.74) is 27.5. The second-order valence-corrected chi connectivity index (χ2v) is 27.9. The van der Waals surface area contributed by atoms with E-state index in [2.05, 4.69) is 271 Å². The van der Waals surface area contributed by atoms with Gasteiger partial charge in [-0.25, -0.2) is 39.9 Å². The predicted octanol–water partition coefficient (Wildman–Crippen LogP) is 25.0. The molecule has 0 radical (unpaired) electrons. The molecular formula is C100H60N10. The summed E-state index contributed by atoms with van der Waals surface area (Å²) in [4.78, 5) is 49.7. The Morgan fingerprint density at radius 2 is 0.464 bits per heavy atom. The van der Waals surface area contributed by atoms with Crippen LogP contribution in [-0.4, -0.2) is 49.8 Å². The molecule has 0 atom stereocenters. The van der Waals surface area contributed by atoms with E-state index in [1.165, 1.54) is 5.39 Å². The van der Waals surface area contributed by atoms with Crippen molar-refractivity contribution in [1.29, 1.82) is 0 Å². The van der Waals surface area contributed by atoms with Gasteiger partial charge in [-0.05, 0) is 159 Å². The molecule has 0 bridgehead atoms. The second-order valence-electron chi connectivity index (χ2n) is 27.9. The van der Waals surface area contributed by atoms with Crippen molar-refractivity contribution in [3.05, 3.63) is 364 Å². The van der Waals surface area contributed by atoms with Gasteiger partial charge in [0, 0.05) is 88.5 Å². The van der Waals surface area contributed by atoms with Crippen molar-refractivity contribution in [2.45, 2.75) is 0 Å². The van der Waals surface area contributed by atoms with Crippen molar-refractivity contribution in [3.8, 4) is 101 Å². The topological polar surface area (TPSA) is 129 Å². The minimum absolute atomic E-state index is 0.850. The lowest BCUT2D eigenvalue weighted by atomic mass is 9.95. The summed E-state index contributed by atoms with van der Waals surface area (Å²) in [6.07, 6.45) is 3.66. The molecule has 0 amide bonds. The lowest BCUT2D eigenvalue weighted by molar-refractivity contribution is 1.32. The molecule has 0 spiro atoms. The lowest BCUT2D eigenvalue weighted by Crippen LogP contribution is -1.91. The lowest BCUT2D eigenvalue weighted by Gasteiger charge is -2.11. The first-order chi connectivity index (χ1) is 54.4. The Morgan fingerprint density at radius 1 is 0.145 bits per heavy atom. The van der Waals surface area contributed by atoms with Crippen molar-refractivity contribution >= 4 is 120 Å². The van der Waals surface area contributed by atoms with Crippen LogP contribution in [0.3, 0.4) is 0 Å². The van der Waals surface area contributed by atoms with E-state index in [-0.39, 0.29) is 0 Å². The van der Waals surface area contributed by atoms with Crippen molar-refractivity contribution in [2.24, 2.45) is 0 Å². The largest absolute Gasteiger partial charge is 0.254 e. The van der Waals surface area contributed by atoms with Gasteiger partial charge < -0.3 is 0 Å². The number of hydrogen-bond acceptors (Lipinski definition) is 10. The fourth-order valence-corrected chi connectivity index (χ4v) is 15.3. The third kappa shape index (κ3) is 11.8. The molecule has 0 aliphatic rings. The molecule has 510 valence electrons. The maximum atomic E-state index is 5.20. The average Bonchev–Trinajstić information content (AvgIpc) is 0.769. The normalized spacial score (nSPS) is 11.6. The zero-order valence-corrected chi connectivity index (χ0v) is 59.1. The first-order valence-corrected chi connectivity index (χ1v) is 36.8. The second kappa shape index (κ2) is 26.5. The minimum Gasteiger partial charge on any atom is -0.254 e. The highest BCUT2D eigenvalue weighted by Gasteiger charge is 2.17. The van der Waals surface area contributed by atoms with Gasteiger partial charge in [-0.15, -0.1) is 0 Å². The van der Waals surface area contributed by atoms with Crippen LogP contribution in [-0.2, 0) is 0 Å². The first kappa shape index (κ1) is 63.5. The molecule has 22 aromatic rings. The van der Waals surface area contributed by atoms with E-state index in [0.717, 1.165) is 216 Å². The van der Waals surface area contributed by atoms with E-state index in [9.17, 15) is 0 Å². The Balaban J connectivity index is 0.000000142. The van der Waals surface area contributed by atoms with E-state index in [4.69, 9.17) is 39.9 Å². The summed E-state index contributed by atoms with van der Waals surface area (Å²) in [6, 6.07) is 123. The molecule has 0 fully saturated rings. The summed E-state index contributed by atoms with van der Waals surface area (Å²) in [6.45, 7) is 0. The molecule has 10 aromatic heterocycles. The number of fused-ring (bicyclic) bond motifs is 13. The van der Waals surface area contributed by atoms with Gasteiger partial charge in [-0.2, -0.15) is 0 Å². The van der Waals surface area contributed by atoms with Crippen molar-refractivity contribution in [2.75, 3.05) is 0 Å². The van der Waals surface area contributed by atoms with Gasteiger partial charge in [0.05, 0.1) is 101 Å². The SMILES string of the molecule is c1ccc(-c2ccc3ccc4ccc(-c5ccc6cc(-c7ccc8ccc(-c9ccc%10ccc(-c%11ccc%12ccccc%12n%11)nc%10c9)nc8c7)ccc6c5)nc4c3n2)cc1.c1ccc2nc(-c3ccc4ccc(-c5ccc6ccc(-c7ccc(-c8cc9cccnc9c9ncccc89)cc7)cc6n5)cc4n3)ccc2c1. The molecule has 0 unspecified atom stereocenters. The van der Waals surface area contributed by atoms with E-state index >= 15 is 0 Å². The van der Waals surface area contributed by atoms with Gasteiger partial charge in [0.1, 0.15) is 0 Å². The molecule has 0 saturated heterocycles. The molecule has 0 aliphatic heterocycles. The van der Waals surface area contributed by atoms with Crippen LogP contribution in [0.25, 0.3) is 221 Å². The van der Waals surface area contributed by atoms with Gasteiger partial charge in [0.25, 0.3) is 0 Å². The maximum absolute atomic E-state index is 5.20. The molecule has 10 heteroatoms. The molecule has 10 nitrogen and oxygen atoms in total. The Labute approximate surface area is 631 Å². The third-order valence-electron chi connectivity index (χ3n) is 21.1. The molecule has 110 heavy (non-hydrogen) atoms. The summed E-state index contributed by atoms with van der Waals surface area (Å²) in [7, 11) is 0. The zero-order chi connectivity index (χ0) is 72.6. The van der Waals surface area contributed by atoms with Crippen LogP contribution in [0.2, 0.25) is 0 Å². The number of rotatable bonds is 9. The fourth-order valence-electron chi connectivity index (χ4n) is 15.3. The highest BCUT2D eigenvalue weighted by atomic mass is 14.8. The number of pyridine rings is 10. The highest BCUT2D eigenvalue weighted by molar-refractivity contribution is 6.10. The molecule has 22 rings (SSSR count). The average molecular weight is 1400 g/mol. The van der Waals surface area contributed by atoms with E-state index in [1.807, 2.05) is 103 Å². The van der Waals surface area contributed by atoms with Gasteiger partial charge >= 0.3 is 0 Å². The summed E-state index contributed by atoms with van der Waals surface area (Å²) < 4.78 is 0. The van der Waals surface area contributed by atoms with Crippen LogP contribution in [0, 0.1) is 0 Å². The predicted molar refractivity (Wildman–Crippen MR) is 452 cm³/mol. The molecule has 10 heterocycles. The summed E-state index contributed by atoms with van der Waals surface area (Å²) in [5.74, 6) is 0. The Morgan fingerprint density at radius 3 is 0.991 bits per heavy atom. The van der Waals surface area contributed by atoms with E-state index in [1.54, 1.807) is 0 Å². The number of hydrogen-bond donors (Lipinski definition) is 0. The molecular weight excluding hydrogens is 1340 g/mol. The number of aromatic nitrogens is 10.